The van der Waals surface area contributed by atoms with Gasteiger partial charge in [-0.25, -0.2) is 0 Å². The van der Waals surface area contributed by atoms with Crippen LogP contribution in [0.25, 0.3) is 0 Å². The van der Waals surface area contributed by atoms with Crippen LogP contribution >= 0.6 is 11.6 Å². The van der Waals surface area contributed by atoms with Gasteiger partial charge in [0.1, 0.15) is 0 Å². The number of hydrogen-bond acceptors (Lipinski definition) is 2. The van der Waals surface area contributed by atoms with Crippen molar-refractivity contribution in [3.05, 3.63) is 34.9 Å². The molecule has 2 fully saturated rings. The lowest BCUT2D eigenvalue weighted by Crippen LogP contribution is -2.46. The minimum Gasteiger partial charge on any atom is -0.337 e. The lowest BCUT2D eigenvalue weighted by Gasteiger charge is -2.27. The molecule has 3 rings (SSSR count). The van der Waals surface area contributed by atoms with Crippen LogP contribution in [0.3, 0.4) is 0 Å². The summed E-state index contributed by atoms with van der Waals surface area (Å²) in [4.78, 5) is 14.8. The molecule has 1 heterocycles. The van der Waals surface area contributed by atoms with Crippen LogP contribution in [0.1, 0.15) is 31.7 Å². The first kappa shape index (κ1) is 14.9. The Kier molecular flexibility index (Phi) is 4.51. The quantitative estimate of drug-likeness (QED) is 0.927. The number of carbonyl (C=O) groups is 1. The molecule has 4 heteroatoms. The molecule has 114 valence electrons. The maximum Gasteiger partial charge on any atom is 0.240 e. The van der Waals surface area contributed by atoms with Crippen molar-refractivity contribution < 1.29 is 4.79 Å². The van der Waals surface area contributed by atoms with E-state index in [9.17, 15) is 4.79 Å². The fraction of sp³-hybridized carbons (Fsp3) is 0.588. The summed E-state index contributed by atoms with van der Waals surface area (Å²) in [6.07, 6.45) is 3.74. The van der Waals surface area contributed by atoms with Crippen LogP contribution in [0, 0.1) is 11.8 Å². The van der Waals surface area contributed by atoms with E-state index >= 15 is 0 Å². The summed E-state index contributed by atoms with van der Waals surface area (Å²) < 4.78 is 0. The Labute approximate surface area is 131 Å². The van der Waals surface area contributed by atoms with E-state index in [1.165, 1.54) is 19.3 Å². The highest BCUT2D eigenvalue weighted by atomic mass is 35.5. The zero-order valence-electron chi connectivity index (χ0n) is 12.5. The number of carbonyl (C=O) groups excluding carboxylic acids is 1. The Morgan fingerprint density at radius 2 is 2.19 bits per heavy atom. The number of amides is 1. The predicted octanol–water partition coefficient (Wildman–Crippen LogP) is 3.08. The SMILES string of the molecule is CCN(Cc1ccccc1Cl)C(=O)C1NCC2CCCC21. The van der Waals surface area contributed by atoms with Gasteiger partial charge in [-0.15, -0.1) is 0 Å². The van der Waals surface area contributed by atoms with E-state index in [1.807, 2.05) is 36.1 Å². The molecular formula is C17H23ClN2O. The second kappa shape index (κ2) is 6.37. The number of nitrogens with zero attached hydrogens (tertiary/aromatic N) is 1. The third-order valence-electron chi connectivity index (χ3n) is 5.02. The van der Waals surface area contributed by atoms with Crippen molar-refractivity contribution in [1.29, 1.82) is 0 Å². The molecule has 1 aliphatic carbocycles. The number of likely N-dealkylation sites (N-methyl/N-ethyl adjacent to an activating group) is 1. The van der Waals surface area contributed by atoms with E-state index < -0.39 is 0 Å². The van der Waals surface area contributed by atoms with Crippen molar-refractivity contribution in [2.75, 3.05) is 13.1 Å². The van der Waals surface area contributed by atoms with E-state index in [4.69, 9.17) is 11.6 Å². The number of nitrogens with one attached hydrogen (secondary N) is 1. The van der Waals surface area contributed by atoms with Gasteiger partial charge in [0.2, 0.25) is 5.91 Å². The summed E-state index contributed by atoms with van der Waals surface area (Å²) in [6.45, 7) is 4.37. The lowest BCUT2D eigenvalue weighted by atomic mass is 9.93. The van der Waals surface area contributed by atoms with Crippen LogP contribution in [0.2, 0.25) is 5.02 Å². The maximum absolute atomic E-state index is 12.9. The van der Waals surface area contributed by atoms with Gasteiger partial charge in [0.25, 0.3) is 0 Å². The van der Waals surface area contributed by atoms with Crippen molar-refractivity contribution >= 4 is 17.5 Å². The number of halogens is 1. The molecule has 1 N–H and O–H groups in total. The minimum atomic E-state index is 0.0138. The van der Waals surface area contributed by atoms with Crippen molar-refractivity contribution in [1.82, 2.24) is 10.2 Å². The summed E-state index contributed by atoms with van der Waals surface area (Å²) in [5.74, 6) is 1.49. The van der Waals surface area contributed by atoms with Gasteiger partial charge in [0.05, 0.1) is 6.04 Å². The molecule has 0 aromatic heterocycles. The molecule has 1 saturated heterocycles. The Morgan fingerprint density at radius 3 is 2.95 bits per heavy atom. The summed E-state index contributed by atoms with van der Waals surface area (Å²) in [5.41, 5.74) is 1.02. The predicted molar refractivity (Wildman–Crippen MR) is 85.2 cm³/mol. The van der Waals surface area contributed by atoms with Gasteiger partial charge in [-0.3, -0.25) is 4.79 Å². The van der Waals surface area contributed by atoms with Gasteiger partial charge in [-0.05, 0) is 49.8 Å². The second-order valence-corrected chi connectivity index (χ2v) is 6.59. The first-order valence-electron chi connectivity index (χ1n) is 7.96. The molecular weight excluding hydrogens is 284 g/mol. The molecule has 3 unspecified atom stereocenters. The van der Waals surface area contributed by atoms with E-state index in [1.54, 1.807) is 0 Å². The van der Waals surface area contributed by atoms with Crippen molar-refractivity contribution in [3.63, 3.8) is 0 Å². The zero-order chi connectivity index (χ0) is 14.8. The summed E-state index contributed by atoms with van der Waals surface area (Å²) in [7, 11) is 0. The van der Waals surface area contributed by atoms with Crippen LogP contribution in [-0.2, 0) is 11.3 Å². The fourth-order valence-electron chi connectivity index (χ4n) is 3.83. The zero-order valence-corrected chi connectivity index (χ0v) is 13.3. The fourth-order valence-corrected chi connectivity index (χ4v) is 4.03. The van der Waals surface area contributed by atoms with Crippen LogP contribution in [-0.4, -0.2) is 29.9 Å². The smallest absolute Gasteiger partial charge is 0.240 e. The first-order chi connectivity index (χ1) is 10.2. The van der Waals surface area contributed by atoms with Gasteiger partial charge < -0.3 is 10.2 Å². The van der Waals surface area contributed by atoms with Gasteiger partial charge in [0.15, 0.2) is 0 Å². The van der Waals surface area contributed by atoms with Crippen LogP contribution in [0.15, 0.2) is 24.3 Å². The van der Waals surface area contributed by atoms with E-state index in [0.717, 1.165) is 23.7 Å². The van der Waals surface area contributed by atoms with Crippen LogP contribution in [0.4, 0.5) is 0 Å². The third-order valence-corrected chi connectivity index (χ3v) is 5.39. The van der Waals surface area contributed by atoms with Crippen LogP contribution in [0.5, 0.6) is 0 Å². The minimum absolute atomic E-state index is 0.0138. The molecule has 0 bridgehead atoms. The van der Waals surface area contributed by atoms with Crippen molar-refractivity contribution in [2.45, 2.75) is 38.8 Å². The van der Waals surface area contributed by atoms with Gasteiger partial charge in [0, 0.05) is 18.1 Å². The van der Waals surface area contributed by atoms with Gasteiger partial charge in [-0.2, -0.15) is 0 Å². The third kappa shape index (κ3) is 2.95. The molecule has 3 atom stereocenters. The maximum atomic E-state index is 12.9. The monoisotopic (exact) mass is 306 g/mol. The number of rotatable bonds is 4. The average Bonchev–Trinajstić information content (AvgIpc) is 3.08. The molecule has 3 nitrogen and oxygen atoms in total. The molecule has 1 aromatic rings. The molecule has 0 radical (unpaired) electrons. The normalized spacial score (nSPS) is 27.6. The molecule has 2 aliphatic rings. The molecule has 1 saturated carbocycles. The largest absolute Gasteiger partial charge is 0.337 e. The average molecular weight is 307 g/mol. The van der Waals surface area contributed by atoms with Crippen molar-refractivity contribution in [3.8, 4) is 0 Å². The van der Waals surface area contributed by atoms with Crippen LogP contribution < -0.4 is 5.32 Å². The Balaban J connectivity index is 1.71. The molecule has 21 heavy (non-hydrogen) atoms. The molecule has 1 aromatic carbocycles. The van der Waals surface area contributed by atoms with E-state index in [0.29, 0.717) is 18.4 Å². The highest BCUT2D eigenvalue weighted by Gasteiger charge is 2.43. The Bertz CT molecular complexity index is 519. The number of hydrogen-bond donors (Lipinski definition) is 1. The molecule has 1 aliphatic heterocycles. The molecule has 1 amide bonds. The standard InChI is InChI=1S/C17H23ClN2O/c1-2-20(11-13-6-3-4-9-15(13)18)17(21)16-14-8-5-7-12(14)10-19-16/h3-4,6,9,12,14,16,19H,2,5,7-8,10-11H2,1H3. The number of benzene rings is 1. The lowest BCUT2D eigenvalue weighted by molar-refractivity contribution is -0.134. The first-order valence-corrected chi connectivity index (χ1v) is 8.34. The van der Waals surface area contributed by atoms with Gasteiger partial charge >= 0.3 is 0 Å². The van der Waals surface area contributed by atoms with Crippen molar-refractivity contribution in [2.24, 2.45) is 11.8 Å². The highest BCUT2D eigenvalue weighted by molar-refractivity contribution is 6.31. The number of fused-ring (bicyclic) bond motifs is 1. The molecule has 0 spiro atoms. The van der Waals surface area contributed by atoms with E-state index in [-0.39, 0.29) is 11.9 Å². The highest BCUT2D eigenvalue weighted by Crippen LogP contribution is 2.38. The second-order valence-electron chi connectivity index (χ2n) is 6.18. The Hall–Kier alpha value is -1.06. The summed E-state index contributed by atoms with van der Waals surface area (Å²) in [6, 6.07) is 7.79. The van der Waals surface area contributed by atoms with Gasteiger partial charge in [-0.1, -0.05) is 36.2 Å². The van der Waals surface area contributed by atoms with E-state index in [2.05, 4.69) is 5.32 Å². The topological polar surface area (TPSA) is 32.3 Å². The Morgan fingerprint density at radius 1 is 1.38 bits per heavy atom. The summed E-state index contributed by atoms with van der Waals surface area (Å²) >= 11 is 6.23. The summed E-state index contributed by atoms with van der Waals surface area (Å²) in [5, 5.41) is 4.19.